The Morgan fingerprint density at radius 2 is 2.00 bits per heavy atom. The number of nitrogens with zero attached hydrogens (tertiary/aromatic N) is 5. The fourth-order valence-corrected chi connectivity index (χ4v) is 4.88. The van der Waals surface area contributed by atoms with Crippen molar-refractivity contribution in [2.75, 3.05) is 19.6 Å². The van der Waals surface area contributed by atoms with Crippen LogP contribution in [-0.2, 0) is 16.8 Å². The van der Waals surface area contributed by atoms with E-state index >= 15 is 0 Å². The fraction of sp³-hybridized carbons (Fsp3) is 0.478. The first-order valence-electron chi connectivity index (χ1n) is 11.6. The van der Waals surface area contributed by atoms with Crippen LogP contribution >= 0.6 is 11.6 Å². The van der Waals surface area contributed by atoms with Crippen LogP contribution in [0.2, 0.25) is 5.02 Å². The average Bonchev–Trinajstić information content (AvgIpc) is 3.28. The third kappa shape index (κ3) is 4.96. The molecule has 13 heteroatoms. The molecule has 0 spiro atoms. The zero-order valence-electron chi connectivity index (χ0n) is 19.1. The Balaban J connectivity index is 1.30. The molecule has 36 heavy (non-hydrogen) atoms. The second-order valence-corrected chi connectivity index (χ2v) is 9.61. The molecule has 1 N–H and O–H groups in total. The maximum Gasteiger partial charge on any atom is 0.280 e. The monoisotopic (exact) mass is 526 g/mol. The molecule has 0 unspecified atom stereocenters. The maximum atomic E-state index is 13.7. The number of halogens is 5. The van der Waals surface area contributed by atoms with E-state index in [9.17, 15) is 22.4 Å². The normalized spacial score (nSPS) is 18.1. The van der Waals surface area contributed by atoms with E-state index in [4.69, 9.17) is 16.1 Å². The van der Waals surface area contributed by atoms with Gasteiger partial charge in [-0.3, -0.25) is 9.48 Å². The zero-order valence-corrected chi connectivity index (χ0v) is 19.8. The Morgan fingerprint density at radius 1 is 1.25 bits per heavy atom. The summed E-state index contributed by atoms with van der Waals surface area (Å²) >= 11 is 6.23. The summed E-state index contributed by atoms with van der Waals surface area (Å²) in [5.74, 6) is -0.592. The van der Waals surface area contributed by atoms with Crippen molar-refractivity contribution in [2.24, 2.45) is 5.92 Å². The molecule has 0 bridgehead atoms. The van der Waals surface area contributed by atoms with E-state index in [1.165, 1.54) is 12.1 Å². The van der Waals surface area contributed by atoms with E-state index < -0.39 is 35.8 Å². The Labute approximate surface area is 208 Å². The Kier molecular flexibility index (Phi) is 6.73. The third-order valence-electron chi connectivity index (χ3n) is 6.75. The van der Waals surface area contributed by atoms with E-state index in [2.05, 4.69) is 20.6 Å². The van der Waals surface area contributed by atoms with Gasteiger partial charge in [-0.2, -0.15) is 10.1 Å². The van der Waals surface area contributed by atoms with Crippen molar-refractivity contribution < 1.29 is 27.0 Å². The van der Waals surface area contributed by atoms with E-state index in [1.807, 2.05) is 0 Å². The molecule has 1 amide bonds. The first-order chi connectivity index (χ1) is 17.2. The minimum Gasteiger partial charge on any atom is -0.354 e. The molecule has 1 saturated heterocycles. The first-order valence-corrected chi connectivity index (χ1v) is 12.0. The lowest BCUT2D eigenvalue weighted by Crippen LogP contribution is -2.37. The lowest BCUT2D eigenvalue weighted by atomic mass is 9.95. The fourth-order valence-electron chi connectivity index (χ4n) is 4.53. The van der Waals surface area contributed by atoms with Crippen molar-refractivity contribution in [1.29, 1.82) is 0 Å². The van der Waals surface area contributed by atoms with Gasteiger partial charge in [0.25, 0.3) is 12.3 Å². The number of alkyl halides is 2. The van der Waals surface area contributed by atoms with Crippen LogP contribution < -0.4 is 5.32 Å². The molecule has 1 saturated carbocycles. The molecule has 1 aromatic carbocycles. The van der Waals surface area contributed by atoms with Crippen LogP contribution in [0.1, 0.15) is 49.2 Å². The largest absolute Gasteiger partial charge is 0.354 e. The summed E-state index contributed by atoms with van der Waals surface area (Å²) in [6.07, 6.45) is -0.343. The standard InChI is InChI=1S/C23H23ClF4N6O2/c24-16-9-14(25)1-2-15(16)23(5-6-23)22-30-21(36-32-22)17-10-18(20(26)27)34(31-17)12-19(35)29-11-13-3-7-33(28)8-4-13/h1-2,9-10,13,20H,3-8,11-12H2,(H,29,35). The van der Waals surface area contributed by atoms with Crippen LogP contribution in [0.5, 0.6) is 0 Å². The molecule has 3 aromatic rings. The summed E-state index contributed by atoms with van der Waals surface area (Å²) in [4.78, 5) is 16.8. The topological polar surface area (TPSA) is 89.1 Å². The molecule has 1 aliphatic carbocycles. The number of amides is 1. The number of benzene rings is 1. The summed E-state index contributed by atoms with van der Waals surface area (Å²) in [5, 5.41) is 11.8. The van der Waals surface area contributed by atoms with Crippen LogP contribution in [0.25, 0.3) is 11.6 Å². The summed E-state index contributed by atoms with van der Waals surface area (Å²) < 4.78 is 60.2. The third-order valence-corrected chi connectivity index (χ3v) is 7.06. The Bertz CT molecular complexity index is 1250. The van der Waals surface area contributed by atoms with Gasteiger partial charge in [0.05, 0.1) is 5.41 Å². The van der Waals surface area contributed by atoms with E-state index in [-0.39, 0.29) is 22.5 Å². The summed E-state index contributed by atoms with van der Waals surface area (Å²) in [6.45, 7) is 0.530. The van der Waals surface area contributed by atoms with Gasteiger partial charge in [0, 0.05) is 24.7 Å². The number of carbonyl (C=O) groups excluding carboxylic acids is 1. The number of hydrogen-bond acceptors (Lipinski definition) is 6. The molecule has 3 heterocycles. The van der Waals surface area contributed by atoms with Gasteiger partial charge >= 0.3 is 0 Å². The van der Waals surface area contributed by atoms with E-state index in [0.717, 1.165) is 15.9 Å². The van der Waals surface area contributed by atoms with E-state index in [0.29, 0.717) is 56.7 Å². The highest BCUT2D eigenvalue weighted by molar-refractivity contribution is 6.31. The van der Waals surface area contributed by atoms with Crippen molar-refractivity contribution in [3.8, 4) is 11.6 Å². The minimum absolute atomic E-state index is 0.00757. The minimum atomic E-state index is -2.89. The quantitative estimate of drug-likeness (QED) is 0.344. The van der Waals surface area contributed by atoms with Crippen molar-refractivity contribution in [3.63, 3.8) is 0 Å². The van der Waals surface area contributed by atoms with Gasteiger partial charge in [-0.25, -0.2) is 13.2 Å². The Hall–Kier alpha value is -2.99. The highest BCUT2D eigenvalue weighted by Crippen LogP contribution is 2.54. The number of aromatic nitrogens is 4. The van der Waals surface area contributed by atoms with Crippen LogP contribution in [0.15, 0.2) is 28.8 Å². The zero-order chi connectivity index (χ0) is 25.4. The molecule has 0 radical (unpaired) electrons. The molecule has 1 aliphatic heterocycles. The number of rotatable bonds is 8. The molecule has 2 aromatic heterocycles. The van der Waals surface area contributed by atoms with Gasteiger partial charge in [-0.05, 0) is 55.4 Å². The first kappa shape index (κ1) is 24.7. The molecule has 0 atom stereocenters. The van der Waals surface area contributed by atoms with Crippen LogP contribution in [0, 0.1) is 11.7 Å². The van der Waals surface area contributed by atoms with Gasteiger partial charge in [0.15, 0.2) is 11.5 Å². The van der Waals surface area contributed by atoms with Crippen LogP contribution in [-0.4, -0.2) is 50.6 Å². The van der Waals surface area contributed by atoms with Crippen molar-refractivity contribution in [1.82, 2.24) is 30.4 Å². The SMILES string of the molecule is O=C(Cn1nc(-c2nc(C3(c4ccc(F)cc4Cl)CC3)no2)cc1C(F)F)NCC1CCN(F)CC1. The molecule has 5 rings (SSSR count). The highest BCUT2D eigenvalue weighted by Gasteiger charge is 2.51. The summed E-state index contributed by atoms with van der Waals surface area (Å²) in [7, 11) is 0. The molecule has 8 nitrogen and oxygen atoms in total. The molecule has 2 fully saturated rings. The van der Waals surface area contributed by atoms with Gasteiger partial charge in [0.2, 0.25) is 5.91 Å². The van der Waals surface area contributed by atoms with Gasteiger partial charge in [-0.1, -0.05) is 22.8 Å². The lowest BCUT2D eigenvalue weighted by molar-refractivity contribution is -0.122. The molecule has 2 aliphatic rings. The van der Waals surface area contributed by atoms with Crippen molar-refractivity contribution in [3.05, 3.63) is 52.2 Å². The predicted molar refractivity (Wildman–Crippen MR) is 120 cm³/mol. The molecule has 192 valence electrons. The summed E-state index contributed by atoms with van der Waals surface area (Å²) in [5.41, 5.74) is -0.439. The molecular formula is C23H23ClF4N6O2. The van der Waals surface area contributed by atoms with Gasteiger partial charge < -0.3 is 9.84 Å². The van der Waals surface area contributed by atoms with Crippen molar-refractivity contribution >= 4 is 17.5 Å². The van der Waals surface area contributed by atoms with E-state index in [1.54, 1.807) is 6.07 Å². The molecular weight excluding hydrogens is 504 g/mol. The second kappa shape index (κ2) is 9.81. The maximum absolute atomic E-state index is 13.7. The van der Waals surface area contributed by atoms with Crippen molar-refractivity contribution in [2.45, 2.75) is 44.1 Å². The summed E-state index contributed by atoms with van der Waals surface area (Å²) in [6, 6.07) is 5.19. The van der Waals surface area contributed by atoms with Crippen LogP contribution in [0.4, 0.5) is 17.7 Å². The number of piperidine rings is 1. The van der Waals surface area contributed by atoms with Crippen LogP contribution in [0.3, 0.4) is 0 Å². The smallest absolute Gasteiger partial charge is 0.280 e. The number of nitrogens with one attached hydrogen (secondary N) is 1. The lowest BCUT2D eigenvalue weighted by Gasteiger charge is -2.25. The second-order valence-electron chi connectivity index (χ2n) is 9.20. The van der Waals surface area contributed by atoms with Gasteiger partial charge in [0.1, 0.15) is 18.1 Å². The Morgan fingerprint density at radius 3 is 2.67 bits per heavy atom. The predicted octanol–water partition coefficient (Wildman–Crippen LogP) is 4.46. The number of carbonyl (C=O) groups is 1. The van der Waals surface area contributed by atoms with Gasteiger partial charge in [-0.15, -0.1) is 9.60 Å². The number of hydrogen-bond donors (Lipinski definition) is 1. The average molecular weight is 527 g/mol. The highest BCUT2D eigenvalue weighted by atomic mass is 35.5.